The van der Waals surface area contributed by atoms with Crippen LogP contribution in [0.2, 0.25) is 0 Å². The van der Waals surface area contributed by atoms with E-state index >= 15 is 0 Å². The number of Topliss-reactive ketones (excluding diaryl/α,β-unsaturated/α-hetero) is 1. The minimum Gasteiger partial charge on any atom is -0.445 e. The zero-order valence-corrected chi connectivity index (χ0v) is 23.2. The number of alkyl carbamates (subject to hydrolysis) is 1. The van der Waals surface area contributed by atoms with Gasteiger partial charge in [0, 0.05) is 6.54 Å². The zero-order valence-electron chi connectivity index (χ0n) is 23.2. The summed E-state index contributed by atoms with van der Waals surface area (Å²) in [5, 5.41) is 5.69. The average molecular weight is 522 g/mol. The second-order valence-electron chi connectivity index (χ2n) is 11.1. The van der Waals surface area contributed by atoms with Crippen molar-refractivity contribution in [2.75, 3.05) is 13.1 Å². The summed E-state index contributed by atoms with van der Waals surface area (Å²) in [5.41, 5.74) is 3.47. The molecule has 0 radical (unpaired) electrons. The fourth-order valence-corrected chi connectivity index (χ4v) is 4.86. The summed E-state index contributed by atoms with van der Waals surface area (Å²) >= 11 is 0. The third-order valence-electron chi connectivity index (χ3n) is 6.75. The van der Waals surface area contributed by atoms with Crippen LogP contribution in [-0.4, -0.2) is 47.9 Å². The van der Waals surface area contributed by atoms with Crippen molar-refractivity contribution in [2.45, 2.75) is 78.6 Å². The molecule has 2 aromatic rings. The highest BCUT2D eigenvalue weighted by Crippen LogP contribution is 2.19. The molecule has 7 nitrogen and oxygen atoms in total. The maximum absolute atomic E-state index is 13.5. The number of ether oxygens (including phenoxy) is 1. The Morgan fingerprint density at radius 3 is 2.16 bits per heavy atom. The Morgan fingerprint density at radius 1 is 0.842 bits per heavy atom. The molecule has 0 saturated carbocycles. The SMILES string of the molecule is CC(C)C[C@H](NC(=O)[C@H](CC(C)C)NC(=O)OCc1ccccc1)C(=O)CN1CCCc2ccccc2C1. The topological polar surface area (TPSA) is 87.7 Å². The van der Waals surface area contributed by atoms with Crippen molar-refractivity contribution < 1.29 is 19.1 Å². The molecular weight excluding hydrogens is 478 g/mol. The number of rotatable bonds is 12. The third kappa shape index (κ3) is 9.60. The quantitative estimate of drug-likeness (QED) is 0.416. The minimum atomic E-state index is -0.786. The Labute approximate surface area is 227 Å². The van der Waals surface area contributed by atoms with Crippen LogP contribution in [0.15, 0.2) is 54.6 Å². The maximum Gasteiger partial charge on any atom is 0.408 e. The number of amides is 2. The number of hydrogen-bond donors (Lipinski definition) is 2. The van der Waals surface area contributed by atoms with E-state index in [4.69, 9.17) is 4.74 Å². The van der Waals surface area contributed by atoms with Gasteiger partial charge < -0.3 is 15.4 Å². The molecule has 0 unspecified atom stereocenters. The lowest BCUT2D eigenvalue weighted by molar-refractivity contribution is -0.130. The Hall–Kier alpha value is -3.19. The molecule has 0 aliphatic carbocycles. The molecule has 2 amide bonds. The van der Waals surface area contributed by atoms with E-state index in [1.165, 1.54) is 11.1 Å². The van der Waals surface area contributed by atoms with Crippen molar-refractivity contribution in [1.82, 2.24) is 15.5 Å². The zero-order chi connectivity index (χ0) is 27.5. The van der Waals surface area contributed by atoms with Crippen LogP contribution in [0.5, 0.6) is 0 Å². The van der Waals surface area contributed by atoms with Gasteiger partial charge in [-0.3, -0.25) is 14.5 Å². The smallest absolute Gasteiger partial charge is 0.408 e. The Morgan fingerprint density at radius 2 is 1.47 bits per heavy atom. The Bertz CT molecular complexity index is 1050. The number of fused-ring (bicyclic) bond motifs is 1. The highest BCUT2D eigenvalue weighted by molar-refractivity contribution is 5.93. The molecule has 38 heavy (non-hydrogen) atoms. The van der Waals surface area contributed by atoms with Gasteiger partial charge in [-0.15, -0.1) is 0 Å². The van der Waals surface area contributed by atoms with E-state index in [2.05, 4.69) is 33.7 Å². The molecule has 1 aliphatic rings. The first-order valence-electron chi connectivity index (χ1n) is 13.8. The predicted octanol–water partition coefficient (Wildman–Crippen LogP) is 4.88. The fourth-order valence-electron chi connectivity index (χ4n) is 4.86. The highest BCUT2D eigenvalue weighted by atomic mass is 16.5. The molecule has 0 bridgehead atoms. The fraction of sp³-hybridized carbons (Fsp3) is 0.516. The molecule has 2 N–H and O–H groups in total. The standard InChI is InChI=1S/C31H43N3O4/c1-22(2)17-27(29(35)20-34-16-10-15-25-13-8-9-14-26(25)19-34)32-30(36)28(18-23(3)4)33-31(37)38-21-24-11-6-5-7-12-24/h5-9,11-14,22-23,27-28H,10,15-21H2,1-4H3,(H,32,36)(H,33,37)/t27-,28-/m0/s1. The predicted molar refractivity (Wildman–Crippen MR) is 149 cm³/mol. The molecule has 2 atom stereocenters. The number of nitrogens with zero attached hydrogens (tertiary/aromatic N) is 1. The summed E-state index contributed by atoms with van der Waals surface area (Å²) in [4.78, 5) is 41.5. The highest BCUT2D eigenvalue weighted by Gasteiger charge is 2.29. The van der Waals surface area contributed by atoms with Gasteiger partial charge in [-0.05, 0) is 60.8 Å². The lowest BCUT2D eigenvalue weighted by Gasteiger charge is -2.27. The first kappa shape index (κ1) is 29.4. The summed E-state index contributed by atoms with van der Waals surface area (Å²) in [6.45, 7) is 10.0. The van der Waals surface area contributed by atoms with Gasteiger partial charge in [0.2, 0.25) is 5.91 Å². The van der Waals surface area contributed by atoms with Gasteiger partial charge in [-0.2, -0.15) is 0 Å². The van der Waals surface area contributed by atoms with E-state index in [0.717, 1.165) is 31.5 Å². The molecule has 0 spiro atoms. The van der Waals surface area contributed by atoms with E-state index in [0.29, 0.717) is 12.8 Å². The Balaban J connectivity index is 1.62. The molecule has 3 rings (SSSR count). The summed E-state index contributed by atoms with van der Waals surface area (Å²) in [5.74, 6) is 0.0370. The van der Waals surface area contributed by atoms with Crippen molar-refractivity contribution in [2.24, 2.45) is 11.8 Å². The number of aryl methyl sites for hydroxylation is 1. The monoisotopic (exact) mass is 521 g/mol. The van der Waals surface area contributed by atoms with Crippen LogP contribution in [0.4, 0.5) is 4.79 Å². The molecule has 2 aromatic carbocycles. The lowest BCUT2D eigenvalue weighted by atomic mass is 9.98. The lowest BCUT2D eigenvalue weighted by Crippen LogP contribution is -2.53. The van der Waals surface area contributed by atoms with Crippen LogP contribution in [0.25, 0.3) is 0 Å². The van der Waals surface area contributed by atoms with Crippen molar-refractivity contribution in [3.05, 3.63) is 71.3 Å². The summed E-state index contributed by atoms with van der Waals surface area (Å²) in [6, 6.07) is 16.4. The molecule has 7 heteroatoms. The maximum atomic E-state index is 13.5. The minimum absolute atomic E-state index is 0.00128. The molecule has 1 aliphatic heterocycles. The van der Waals surface area contributed by atoms with Crippen LogP contribution in [0.3, 0.4) is 0 Å². The number of carbonyl (C=O) groups excluding carboxylic acids is 3. The summed E-state index contributed by atoms with van der Waals surface area (Å²) in [6.07, 6.45) is 2.34. The van der Waals surface area contributed by atoms with Crippen LogP contribution in [0, 0.1) is 11.8 Å². The average Bonchev–Trinajstić information content (AvgIpc) is 3.08. The van der Waals surface area contributed by atoms with Crippen molar-refractivity contribution in [1.29, 1.82) is 0 Å². The molecule has 0 fully saturated rings. The van der Waals surface area contributed by atoms with E-state index in [1.807, 2.05) is 64.1 Å². The summed E-state index contributed by atoms with van der Waals surface area (Å²) < 4.78 is 5.34. The van der Waals surface area contributed by atoms with Gasteiger partial charge >= 0.3 is 6.09 Å². The largest absolute Gasteiger partial charge is 0.445 e. The number of benzene rings is 2. The Kier molecular flexibility index (Phi) is 11.3. The molecule has 206 valence electrons. The van der Waals surface area contributed by atoms with Crippen LogP contribution in [-0.2, 0) is 33.9 Å². The third-order valence-corrected chi connectivity index (χ3v) is 6.75. The van der Waals surface area contributed by atoms with Crippen LogP contribution < -0.4 is 10.6 Å². The van der Waals surface area contributed by atoms with Gasteiger partial charge in [0.25, 0.3) is 0 Å². The first-order valence-corrected chi connectivity index (χ1v) is 13.8. The van der Waals surface area contributed by atoms with Gasteiger partial charge in [0.15, 0.2) is 5.78 Å². The molecular formula is C31H43N3O4. The summed E-state index contributed by atoms with van der Waals surface area (Å²) in [7, 11) is 0. The van der Waals surface area contributed by atoms with Crippen LogP contribution >= 0.6 is 0 Å². The first-order chi connectivity index (χ1) is 18.2. The number of nitrogens with one attached hydrogen (secondary N) is 2. The number of hydrogen-bond acceptors (Lipinski definition) is 5. The van der Waals surface area contributed by atoms with Crippen LogP contribution in [0.1, 0.15) is 63.6 Å². The molecule has 1 heterocycles. The van der Waals surface area contributed by atoms with E-state index in [9.17, 15) is 14.4 Å². The number of ketones is 1. The van der Waals surface area contributed by atoms with Gasteiger partial charge in [0.1, 0.15) is 12.6 Å². The second kappa shape index (κ2) is 14.7. The normalized spacial score (nSPS) is 15.3. The molecule has 0 aromatic heterocycles. The van der Waals surface area contributed by atoms with Crippen molar-refractivity contribution >= 4 is 17.8 Å². The van der Waals surface area contributed by atoms with Gasteiger partial charge in [0.05, 0.1) is 12.6 Å². The number of carbonyl (C=O) groups is 3. The van der Waals surface area contributed by atoms with Gasteiger partial charge in [-0.25, -0.2) is 4.79 Å². The van der Waals surface area contributed by atoms with Crippen molar-refractivity contribution in [3.8, 4) is 0 Å². The van der Waals surface area contributed by atoms with E-state index in [1.54, 1.807) is 0 Å². The molecule has 0 saturated heterocycles. The van der Waals surface area contributed by atoms with Crippen molar-refractivity contribution in [3.63, 3.8) is 0 Å². The second-order valence-corrected chi connectivity index (χ2v) is 11.1. The van der Waals surface area contributed by atoms with E-state index in [-0.39, 0.29) is 36.7 Å². The van der Waals surface area contributed by atoms with E-state index < -0.39 is 18.2 Å². The van der Waals surface area contributed by atoms with Gasteiger partial charge in [-0.1, -0.05) is 82.3 Å².